The van der Waals surface area contributed by atoms with Crippen LogP contribution >= 0.6 is 0 Å². The molecular formula is C46H73N7O8. The van der Waals surface area contributed by atoms with Gasteiger partial charge in [-0.2, -0.15) is 0 Å². The standard InChI is InChI=1S/C46H73N7O8/c1-13-30(6)41(52(9)45(57)39(28(2)3)50-44(56)40(29(4)5)51(8)27-33-21-22-48-37(47)25-33)36(59-10)26-38(54)53-23-17-20-35(53)42(60-11)31(7)43(55)49-34(46(58)61-12)24-32-18-15-14-16-19-32/h14-16,18-19,21-22,25,28-31,34-36,39-42H,13,17,20,23-24,26-27H2,1-12H3,(H2,47,48)(H,49,55)(H,50,56). The molecular weight excluding hydrogens is 779 g/mol. The lowest BCUT2D eigenvalue weighted by molar-refractivity contribution is -0.149. The van der Waals surface area contributed by atoms with E-state index in [1.54, 1.807) is 43.1 Å². The van der Waals surface area contributed by atoms with E-state index in [0.29, 0.717) is 38.2 Å². The van der Waals surface area contributed by atoms with Crippen LogP contribution in [0.25, 0.3) is 0 Å². The van der Waals surface area contributed by atoms with Gasteiger partial charge in [0, 0.05) is 47.0 Å². The van der Waals surface area contributed by atoms with Gasteiger partial charge in [0.2, 0.25) is 23.6 Å². The zero-order chi connectivity index (χ0) is 45.6. The van der Waals surface area contributed by atoms with Crippen molar-refractivity contribution in [2.45, 2.75) is 130 Å². The Morgan fingerprint density at radius 1 is 0.902 bits per heavy atom. The third kappa shape index (κ3) is 13.7. The lowest BCUT2D eigenvalue weighted by Gasteiger charge is -2.41. The first-order valence-electron chi connectivity index (χ1n) is 21.6. The second kappa shape index (κ2) is 24.1. The first-order valence-corrected chi connectivity index (χ1v) is 21.6. The number of carbonyl (C=O) groups excluding carboxylic acids is 5. The number of nitrogen functional groups attached to an aromatic ring is 1. The van der Waals surface area contributed by atoms with E-state index >= 15 is 0 Å². The maximum Gasteiger partial charge on any atom is 0.328 e. The average Bonchev–Trinajstić information content (AvgIpc) is 3.71. The van der Waals surface area contributed by atoms with Gasteiger partial charge in [0.1, 0.15) is 17.9 Å². The SMILES string of the molecule is CCC(C)C(C(CC(=O)N1CCCC1C(OC)C(C)C(=O)NC(Cc1ccccc1)C(=O)OC)OC)N(C)C(=O)C(NC(=O)C(C(C)C)N(C)Cc1ccnc(N)c1)C(C)C. The number of pyridine rings is 1. The van der Waals surface area contributed by atoms with Gasteiger partial charge >= 0.3 is 5.97 Å². The molecule has 4 N–H and O–H groups in total. The van der Waals surface area contributed by atoms with E-state index in [2.05, 4.69) is 15.6 Å². The second-order valence-corrected chi connectivity index (χ2v) is 17.3. The lowest BCUT2D eigenvalue weighted by atomic mass is 9.89. The summed E-state index contributed by atoms with van der Waals surface area (Å²) in [4.78, 5) is 78.8. The molecule has 1 aromatic heterocycles. The number of nitrogens with zero attached hydrogens (tertiary/aromatic N) is 4. The monoisotopic (exact) mass is 852 g/mol. The summed E-state index contributed by atoms with van der Waals surface area (Å²) >= 11 is 0. The molecule has 61 heavy (non-hydrogen) atoms. The van der Waals surface area contributed by atoms with Crippen LogP contribution in [0.4, 0.5) is 5.82 Å². The number of esters is 1. The van der Waals surface area contributed by atoms with Crippen LogP contribution in [0.1, 0.15) is 85.3 Å². The van der Waals surface area contributed by atoms with Crippen molar-refractivity contribution < 1.29 is 38.2 Å². The summed E-state index contributed by atoms with van der Waals surface area (Å²) in [5.41, 5.74) is 7.70. The van der Waals surface area contributed by atoms with Gasteiger partial charge in [0.15, 0.2) is 0 Å². The van der Waals surface area contributed by atoms with Crippen molar-refractivity contribution in [1.82, 2.24) is 30.3 Å². The van der Waals surface area contributed by atoms with Crippen molar-refractivity contribution in [3.05, 3.63) is 59.8 Å². The van der Waals surface area contributed by atoms with Crippen LogP contribution in [0.3, 0.4) is 0 Å². The van der Waals surface area contributed by atoms with Crippen molar-refractivity contribution >= 4 is 35.4 Å². The van der Waals surface area contributed by atoms with Crippen LogP contribution in [-0.2, 0) is 51.1 Å². The fourth-order valence-electron chi connectivity index (χ4n) is 8.76. The predicted octanol–water partition coefficient (Wildman–Crippen LogP) is 4.08. The number of anilines is 1. The third-order valence-electron chi connectivity index (χ3n) is 12.2. The number of carbonyl (C=O) groups is 5. The maximum absolute atomic E-state index is 14.5. The van der Waals surface area contributed by atoms with Crippen LogP contribution in [0.5, 0.6) is 0 Å². The molecule has 1 aromatic carbocycles. The van der Waals surface area contributed by atoms with Gasteiger partial charge in [0.05, 0.1) is 49.8 Å². The van der Waals surface area contributed by atoms with Gasteiger partial charge in [-0.15, -0.1) is 0 Å². The van der Waals surface area contributed by atoms with Crippen LogP contribution in [-0.4, -0.2) is 134 Å². The number of amides is 4. The van der Waals surface area contributed by atoms with E-state index in [1.165, 1.54) is 14.2 Å². The van der Waals surface area contributed by atoms with Crippen molar-refractivity contribution in [3.8, 4) is 0 Å². The van der Waals surface area contributed by atoms with Gasteiger partial charge < -0.3 is 40.4 Å². The first kappa shape index (κ1) is 50.8. The maximum atomic E-state index is 14.5. The van der Waals surface area contributed by atoms with Gasteiger partial charge in [0.25, 0.3) is 0 Å². The summed E-state index contributed by atoms with van der Waals surface area (Å²) in [7, 11) is 7.95. The molecule has 1 aliphatic rings. The zero-order valence-corrected chi connectivity index (χ0v) is 38.6. The number of likely N-dealkylation sites (N-methyl/N-ethyl adjacent to an activating group) is 2. The molecule has 0 saturated carbocycles. The molecule has 15 nitrogen and oxygen atoms in total. The molecule has 0 aliphatic carbocycles. The van der Waals surface area contributed by atoms with Crippen molar-refractivity contribution in [2.75, 3.05) is 47.7 Å². The van der Waals surface area contributed by atoms with E-state index < -0.39 is 54.3 Å². The molecule has 340 valence electrons. The molecule has 2 aromatic rings. The fourth-order valence-corrected chi connectivity index (χ4v) is 8.76. The molecule has 9 unspecified atom stereocenters. The van der Waals surface area contributed by atoms with E-state index in [4.69, 9.17) is 19.9 Å². The summed E-state index contributed by atoms with van der Waals surface area (Å²) in [5, 5.41) is 5.96. The Bertz CT molecular complexity index is 1730. The molecule has 0 radical (unpaired) electrons. The van der Waals surface area contributed by atoms with Crippen molar-refractivity contribution in [3.63, 3.8) is 0 Å². The summed E-state index contributed by atoms with van der Waals surface area (Å²) in [5.74, 6) is -2.34. The molecule has 0 bridgehead atoms. The average molecular weight is 852 g/mol. The molecule has 2 heterocycles. The zero-order valence-electron chi connectivity index (χ0n) is 38.6. The number of benzene rings is 1. The van der Waals surface area contributed by atoms with E-state index in [-0.39, 0.29) is 54.2 Å². The number of hydrogen-bond donors (Lipinski definition) is 3. The highest BCUT2D eigenvalue weighted by Gasteiger charge is 2.43. The second-order valence-electron chi connectivity index (χ2n) is 17.3. The summed E-state index contributed by atoms with van der Waals surface area (Å²) < 4.78 is 17.0. The molecule has 0 spiro atoms. The lowest BCUT2D eigenvalue weighted by Crippen LogP contribution is -2.60. The predicted molar refractivity (Wildman–Crippen MR) is 236 cm³/mol. The van der Waals surface area contributed by atoms with Gasteiger partial charge in [-0.05, 0) is 60.9 Å². The molecule has 1 aliphatic heterocycles. The highest BCUT2D eigenvalue weighted by Crippen LogP contribution is 2.30. The molecule has 3 rings (SSSR count). The van der Waals surface area contributed by atoms with Gasteiger partial charge in [-0.25, -0.2) is 9.78 Å². The van der Waals surface area contributed by atoms with Gasteiger partial charge in [-0.3, -0.25) is 24.1 Å². The number of nitrogens with two attached hydrogens (primary N) is 1. The Kier molecular flexibility index (Phi) is 20.1. The molecule has 1 fully saturated rings. The molecule has 4 amide bonds. The quantitative estimate of drug-likeness (QED) is 0.137. The summed E-state index contributed by atoms with van der Waals surface area (Å²) in [6.07, 6.45) is 2.58. The van der Waals surface area contributed by atoms with E-state index in [9.17, 15) is 24.0 Å². The van der Waals surface area contributed by atoms with E-state index in [1.807, 2.05) is 89.9 Å². The van der Waals surface area contributed by atoms with Gasteiger partial charge in [-0.1, -0.05) is 85.2 Å². The number of hydrogen-bond acceptors (Lipinski definition) is 11. The minimum atomic E-state index is -0.902. The Hall–Kier alpha value is -4.60. The normalized spacial score (nSPS) is 18.1. The fraction of sp³-hybridized carbons (Fsp3) is 0.652. The molecule has 9 atom stereocenters. The number of methoxy groups -OCH3 is 3. The summed E-state index contributed by atoms with van der Waals surface area (Å²) in [6, 6.07) is 9.82. The first-order chi connectivity index (χ1) is 28.9. The minimum Gasteiger partial charge on any atom is -0.467 e. The van der Waals surface area contributed by atoms with Crippen LogP contribution in [0.15, 0.2) is 48.7 Å². The van der Waals surface area contributed by atoms with Crippen LogP contribution < -0.4 is 16.4 Å². The third-order valence-corrected chi connectivity index (χ3v) is 12.2. The van der Waals surface area contributed by atoms with Crippen LogP contribution in [0.2, 0.25) is 0 Å². The Balaban J connectivity index is 1.79. The highest BCUT2D eigenvalue weighted by molar-refractivity contribution is 5.90. The van der Waals surface area contributed by atoms with Crippen LogP contribution in [0, 0.1) is 23.7 Å². The Morgan fingerprint density at radius 2 is 1.57 bits per heavy atom. The van der Waals surface area contributed by atoms with Crippen molar-refractivity contribution in [1.29, 1.82) is 0 Å². The smallest absolute Gasteiger partial charge is 0.328 e. The number of aromatic nitrogens is 1. The number of rotatable bonds is 23. The number of ether oxygens (including phenoxy) is 3. The number of nitrogens with one attached hydrogen (secondary N) is 2. The Morgan fingerprint density at radius 3 is 2.13 bits per heavy atom. The largest absolute Gasteiger partial charge is 0.467 e. The van der Waals surface area contributed by atoms with Crippen molar-refractivity contribution in [2.24, 2.45) is 23.7 Å². The molecule has 15 heteroatoms. The highest BCUT2D eigenvalue weighted by atomic mass is 16.5. The Labute approximate surface area is 363 Å². The molecule has 1 saturated heterocycles. The van der Waals surface area contributed by atoms with E-state index in [0.717, 1.165) is 11.1 Å². The minimum absolute atomic E-state index is 0.0173. The number of likely N-dealkylation sites (tertiary alicyclic amines) is 1. The summed E-state index contributed by atoms with van der Waals surface area (Å²) in [6.45, 7) is 14.5. The topological polar surface area (TPSA) is 186 Å².